The summed E-state index contributed by atoms with van der Waals surface area (Å²) >= 11 is 0. The molecule has 0 N–H and O–H groups in total. The molecule has 1 saturated heterocycles. The Labute approximate surface area is 221 Å². The van der Waals surface area contributed by atoms with Gasteiger partial charge in [-0.1, -0.05) is 26.0 Å². The lowest BCUT2D eigenvalue weighted by molar-refractivity contribution is -0.149. The normalized spacial score (nSPS) is 41.3. The molecule has 7 heteroatoms. The van der Waals surface area contributed by atoms with Crippen molar-refractivity contribution in [2.24, 2.45) is 34.5 Å². The van der Waals surface area contributed by atoms with E-state index in [1.165, 1.54) is 6.42 Å². The van der Waals surface area contributed by atoms with Gasteiger partial charge in [0.2, 0.25) is 0 Å². The molecule has 4 aliphatic carbocycles. The van der Waals surface area contributed by atoms with Crippen LogP contribution in [0.1, 0.15) is 77.2 Å². The van der Waals surface area contributed by atoms with Gasteiger partial charge in [0.1, 0.15) is 11.4 Å². The number of fused-ring (bicyclic) bond motifs is 5. The van der Waals surface area contributed by atoms with Crippen molar-refractivity contribution in [1.29, 1.82) is 0 Å². The van der Waals surface area contributed by atoms with Crippen molar-refractivity contribution in [2.75, 3.05) is 18.8 Å². The highest BCUT2D eigenvalue weighted by atomic mass is 32.2. The van der Waals surface area contributed by atoms with E-state index in [4.69, 9.17) is 4.74 Å². The molecule has 1 aromatic carbocycles. The van der Waals surface area contributed by atoms with Gasteiger partial charge in [0.25, 0.3) is 0 Å². The number of Topliss-reactive ketones (excluding diaryl/α,β-unsaturated/α-hetero) is 1. The van der Waals surface area contributed by atoms with Crippen molar-refractivity contribution in [3.8, 4) is 0 Å². The first-order valence-corrected chi connectivity index (χ1v) is 15.9. The molecule has 6 rings (SSSR count). The molecular weight excluding hydrogens is 486 g/mol. The number of carbonyl (C=O) groups is 2. The molecule has 1 spiro atoms. The zero-order valence-corrected chi connectivity index (χ0v) is 23.3. The second-order valence-corrected chi connectivity index (χ2v) is 15.5. The fourth-order valence-electron chi connectivity index (χ4n) is 9.34. The average molecular weight is 528 g/mol. The SMILES string of the molecule is Cc1cccc(S(=O)(=O)CCN2C[C@]3(CC[C@@]4(C)[C@@H](CC[C@@H]5[C@@H]4CC[C@]4(C)C(=O)CC[C@@H]54)C3)OC2=O)c1. The Bertz CT molecular complexity index is 1230. The molecule has 37 heavy (non-hydrogen) atoms. The third kappa shape index (κ3) is 3.97. The second-order valence-electron chi connectivity index (χ2n) is 13.4. The van der Waals surface area contributed by atoms with Crippen molar-refractivity contribution in [2.45, 2.75) is 89.1 Å². The fraction of sp³-hybridized carbons (Fsp3) is 0.733. The van der Waals surface area contributed by atoms with Gasteiger partial charge in [0.05, 0.1) is 17.2 Å². The zero-order chi connectivity index (χ0) is 26.2. The van der Waals surface area contributed by atoms with Gasteiger partial charge in [0.15, 0.2) is 9.84 Å². The van der Waals surface area contributed by atoms with E-state index in [0.29, 0.717) is 40.9 Å². The molecule has 4 saturated carbocycles. The fourth-order valence-corrected chi connectivity index (χ4v) is 10.7. The van der Waals surface area contributed by atoms with E-state index in [0.717, 1.165) is 56.9 Å². The number of aryl methyl sites for hydroxylation is 1. The van der Waals surface area contributed by atoms with Gasteiger partial charge in [-0.25, -0.2) is 13.2 Å². The lowest BCUT2D eigenvalue weighted by Gasteiger charge is -2.61. The Morgan fingerprint density at radius 1 is 1.03 bits per heavy atom. The maximum Gasteiger partial charge on any atom is 0.410 e. The highest BCUT2D eigenvalue weighted by Gasteiger charge is 2.62. The maximum absolute atomic E-state index is 12.9. The maximum atomic E-state index is 12.9. The third-order valence-corrected chi connectivity index (χ3v) is 13.2. The van der Waals surface area contributed by atoms with E-state index in [2.05, 4.69) is 13.8 Å². The van der Waals surface area contributed by atoms with Gasteiger partial charge in [-0.05, 0) is 105 Å². The summed E-state index contributed by atoms with van der Waals surface area (Å²) in [4.78, 5) is 27.5. The molecule has 5 aliphatic rings. The predicted molar refractivity (Wildman–Crippen MR) is 141 cm³/mol. The predicted octanol–water partition coefficient (Wildman–Crippen LogP) is 5.57. The molecule has 1 aromatic rings. The van der Waals surface area contributed by atoms with E-state index in [1.807, 2.05) is 13.0 Å². The molecule has 0 bridgehead atoms. The number of ketones is 1. The highest BCUT2D eigenvalue weighted by Crippen LogP contribution is 2.66. The molecule has 7 atom stereocenters. The van der Waals surface area contributed by atoms with Crippen LogP contribution in [0.4, 0.5) is 4.79 Å². The van der Waals surface area contributed by atoms with Crippen LogP contribution in [0, 0.1) is 41.4 Å². The lowest BCUT2D eigenvalue weighted by Crippen LogP contribution is -2.56. The van der Waals surface area contributed by atoms with Crippen molar-refractivity contribution in [1.82, 2.24) is 4.90 Å². The van der Waals surface area contributed by atoms with Crippen LogP contribution in [0.15, 0.2) is 29.2 Å². The number of ether oxygens (including phenoxy) is 1. The van der Waals surface area contributed by atoms with Crippen LogP contribution in [-0.4, -0.2) is 49.6 Å². The lowest BCUT2D eigenvalue weighted by atomic mass is 9.44. The minimum atomic E-state index is -3.47. The number of hydrogen-bond acceptors (Lipinski definition) is 5. The Morgan fingerprint density at radius 2 is 1.84 bits per heavy atom. The summed E-state index contributed by atoms with van der Waals surface area (Å²) in [6.07, 6.45) is 8.72. The summed E-state index contributed by atoms with van der Waals surface area (Å²) in [5.41, 5.74) is 0.548. The van der Waals surface area contributed by atoms with Crippen LogP contribution in [0.2, 0.25) is 0 Å². The number of amides is 1. The molecule has 0 radical (unpaired) electrons. The van der Waals surface area contributed by atoms with Gasteiger partial charge in [0, 0.05) is 18.4 Å². The topological polar surface area (TPSA) is 80.8 Å². The number of hydrogen-bond donors (Lipinski definition) is 0. The van der Waals surface area contributed by atoms with Gasteiger partial charge >= 0.3 is 6.09 Å². The van der Waals surface area contributed by atoms with Crippen LogP contribution < -0.4 is 0 Å². The second kappa shape index (κ2) is 8.56. The molecule has 1 aliphatic heterocycles. The van der Waals surface area contributed by atoms with Gasteiger partial charge in [-0.15, -0.1) is 0 Å². The molecule has 0 unspecified atom stereocenters. The molecule has 1 amide bonds. The van der Waals surface area contributed by atoms with Crippen molar-refractivity contribution >= 4 is 21.7 Å². The summed E-state index contributed by atoms with van der Waals surface area (Å²) in [6.45, 7) is 7.25. The summed E-state index contributed by atoms with van der Waals surface area (Å²) in [5, 5.41) is 0. The molecular formula is C30H41NO5S. The van der Waals surface area contributed by atoms with E-state index in [-0.39, 0.29) is 29.2 Å². The van der Waals surface area contributed by atoms with E-state index in [1.54, 1.807) is 23.1 Å². The third-order valence-electron chi connectivity index (χ3n) is 11.5. The van der Waals surface area contributed by atoms with Gasteiger partial charge < -0.3 is 9.64 Å². The minimum absolute atomic E-state index is 0.0919. The molecule has 202 valence electrons. The van der Waals surface area contributed by atoms with Crippen molar-refractivity contribution in [3.05, 3.63) is 29.8 Å². The first-order chi connectivity index (χ1) is 17.5. The van der Waals surface area contributed by atoms with E-state index < -0.39 is 15.4 Å². The van der Waals surface area contributed by atoms with Gasteiger partial charge in [-0.3, -0.25) is 4.79 Å². The summed E-state index contributed by atoms with van der Waals surface area (Å²) < 4.78 is 31.9. The molecule has 1 heterocycles. The first-order valence-electron chi connectivity index (χ1n) is 14.3. The quantitative estimate of drug-likeness (QED) is 0.511. The van der Waals surface area contributed by atoms with Crippen LogP contribution in [-0.2, 0) is 19.4 Å². The standard InChI is InChI=1S/C30H41NO5S/c1-20-5-4-6-22(17-20)37(34,35)16-15-31-19-30(36-27(31)33)14-13-28(2)21(18-30)7-8-23-24-9-10-26(32)29(24,3)12-11-25(23)28/h4-6,17,21,23-25H,7-16,18-19H2,1-3H3/t21-,23-,24-,25-,28-,29-,30+/m0/s1. The van der Waals surface area contributed by atoms with Crippen LogP contribution in [0.3, 0.4) is 0 Å². The number of carbonyl (C=O) groups excluding carboxylic acids is 2. The smallest absolute Gasteiger partial charge is 0.410 e. The molecule has 0 aromatic heterocycles. The van der Waals surface area contributed by atoms with E-state index in [9.17, 15) is 18.0 Å². The van der Waals surface area contributed by atoms with Crippen LogP contribution in [0.5, 0.6) is 0 Å². The summed E-state index contributed by atoms with van der Waals surface area (Å²) in [7, 11) is -3.47. The summed E-state index contributed by atoms with van der Waals surface area (Å²) in [5.74, 6) is 2.75. The number of benzene rings is 1. The Hall–Kier alpha value is -1.89. The number of sulfone groups is 1. The van der Waals surface area contributed by atoms with Crippen molar-refractivity contribution in [3.63, 3.8) is 0 Å². The van der Waals surface area contributed by atoms with Crippen LogP contribution >= 0.6 is 0 Å². The average Bonchev–Trinajstić information content (AvgIpc) is 3.33. The number of rotatable bonds is 4. The van der Waals surface area contributed by atoms with Crippen LogP contribution in [0.25, 0.3) is 0 Å². The highest BCUT2D eigenvalue weighted by molar-refractivity contribution is 7.91. The Balaban J connectivity index is 1.13. The monoisotopic (exact) mass is 527 g/mol. The minimum Gasteiger partial charge on any atom is -0.441 e. The molecule has 6 nitrogen and oxygen atoms in total. The summed E-state index contributed by atoms with van der Waals surface area (Å²) in [6, 6.07) is 6.95. The Kier molecular flexibility index (Phi) is 5.87. The molecule has 5 fully saturated rings. The van der Waals surface area contributed by atoms with E-state index >= 15 is 0 Å². The van der Waals surface area contributed by atoms with Crippen molar-refractivity contribution < 1.29 is 22.7 Å². The largest absolute Gasteiger partial charge is 0.441 e. The first kappa shape index (κ1) is 25.4. The Morgan fingerprint density at radius 3 is 2.62 bits per heavy atom. The zero-order valence-electron chi connectivity index (χ0n) is 22.5. The number of nitrogens with zero attached hydrogens (tertiary/aromatic N) is 1. The van der Waals surface area contributed by atoms with Gasteiger partial charge in [-0.2, -0.15) is 0 Å².